The number of ether oxygens (including phenoxy) is 1. The minimum atomic E-state index is 0. The van der Waals surface area contributed by atoms with Gasteiger partial charge in [-0.15, -0.1) is 24.0 Å². The Labute approximate surface area is 179 Å². The van der Waals surface area contributed by atoms with Crippen LogP contribution in [0.4, 0.5) is 0 Å². The van der Waals surface area contributed by atoms with E-state index in [1.165, 1.54) is 11.1 Å². The standard InChI is InChI=1S/C20H30N4O2.HI/c1-4-25-13-11-22-20(21-2)23-14-17-8-5-6-9-18(17)15-24(3)16-19-10-7-12-26-19;/h5-10,12H,4,11,13-16H2,1-3H3,(H2,21,22,23);1H. The van der Waals surface area contributed by atoms with E-state index >= 15 is 0 Å². The molecule has 0 unspecified atom stereocenters. The van der Waals surface area contributed by atoms with Crippen LogP contribution in [0.5, 0.6) is 0 Å². The molecule has 1 aromatic carbocycles. The average molecular weight is 486 g/mol. The van der Waals surface area contributed by atoms with E-state index in [2.05, 4.69) is 51.8 Å². The van der Waals surface area contributed by atoms with Crippen LogP contribution in [0.2, 0.25) is 0 Å². The van der Waals surface area contributed by atoms with Crippen molar-refractivity contribution in [2.75, 3.05) is 33.9 Å². The molecule has 0 aliphatic rings. The van der Waals surface area contributed by atoms with Gasteiger partial charge in [0.1, 0.15) is 5.76 Å². The zero-order chi connectivity index (χ0) is 18.6. The van der Waals surface area contributed by atoms with Crippen LogP contribution in [0, 0.1) is 0 Å². The maximum absolute atomic E-state index is 5.43. The van der Waals surface area contributed by atoms with Crippen molar-refractivity contribution in [2.24, 2.45) is 4.99 Å². The molecule has 27 heavy (non-hydrogen) atoms. The molecule has 0 atom stereocenters. The fourth-order valence-corrected chi connectivity index (χ4v) is 2.68. The van der Waals surface area contributed by atoms with Crippen LogP contribution in [-0.2, 0) is 24.4 Å². The number of nitrogens with one attached hydrogen (secondary N) is 2. The second kappa shape index (κ2) is 13.6. The van der Waals surface area contributed by atoms with Gasteiger partial charge in [-0.1, -0.05) is 24.3 Å². The van der Waals surface area contributed by atoms with E-state index in [1.54, 1.807) is 13.3 Å². The summed E-state index contributed by atoms with van der Waals surface area (Å²) in [6, 6.07) is 12.4. The molecule has 0 amide bonds. The van der Waals surface area contributed by atoms with E-state index in [1.807, 2.05) is 19.1 Å². The summed E-state index contributed by atoms with van der Waals surface area (Å²) in [6.45, 7) is 6.50. The highest BCUT2D eigenvalue weighted by atomic mass is 127. The lowest BCUT2D eigenvalue weighted by molar-refractivity contribution is 0.152. The molecular formula is C20H31IN4O2. The summed E-state index contributed by atoms with van der Waals surface area (Å²) in [5.41, 5.74) is 2.55. The Morgan fingerprint density at radius 1 is 1.11 bits per heavy atom. The van der Waals surface area contributed by atoms with Gasteiger partial charge < -0.3 is 19.8 Å². The molecule has 0 saturated heterocycles. The zero-order valence-electron chi connectivity index (χ0n) is 16.4. The first-order valence-corrected chi connectivity index (χ1v) is 9.03. The third-order valence-corrected chi connectivity index (χ3v) is 3.98. The molecule has 1 aromatic heterocycles. The highest BCUT2D eigenvalue weighted by Gasteiger charge is 2.08. The fraction of sp³-hybridized carbons (Fsp3) is 0.450. The summed E-state index contributed by atoms with van der Waals surface area (Å²) >= 11 is 0. The van der Waals surface area contributed by atoms with Gasteiger partial charge in [0.2, 0.25) is 0 Å². The van der Waals surface area contributed by atoms with Crippen molar-refractivity contribution in [3.63, 3.8) is 0 Å². The van der Waals surface area contributed by atoms with Crippen LogP contribution in [0.15, 0.2) is 52.1 Å². The molecule has 7 heteroatoms. The molecular weight excluding hydrogens is 455 g/mol. The molecule has 0 saturated carbocycles. The number of halogens is 1. The Morgan fingerprint density at radius 3 is 2.56 bits per heavy atom. The number of benzene rings is 1. The highest BCUT2D eigenvalue weighted by molar-refractivity contribution is 14.0. The van der Waals surface area contributed by atoms with Gasteiger partial charge in [-0.3, -0.25) is 9.89 Å². The quantitative estimate of drug-likeness (QED) is 0.234. The van der Waals surface area contributed by atoms with Crippen molar-refractivity contribution in [3.8, 4) is 0 Å². The summed E-state index contributed by atoms with van der Waals surface area (Å²) in [4.78, 5) is 6.50. The number of hydrogen-bond acceptors (Lipinski definition) is 4. The van der Waals surface area contributed by atoms with E-state index in [0.717, 1.165) is 44.5 Å². The van der Waals surface area contributed by atoms with E-state index < -0.39 is 0 Å². The number of furan rings is 1. The van der Waals surface area contributed by atoms with Crippen molar-refractivity contribution in [3.05, 3.63) is 59.5 Å². The first-order chi connectivity index (χ1) is 12.7. The van der Waals surface area contributed by atoms with Crippen molar-refractivity contribution < 1.29 is 9.15 Å². The van der Waals surface area contributed by atoms with E-state index in [-0.39, 0.29) is 24.0 Å². The Bertz CT molecular complexity index is 662. The molecule has 0 radical (unpaired) electrons. The van der Waals surface area contributed by atoms with Crippen LogP contribution in [0.3, 0.4) is 0 Å². The zero-order valence-corrected chi connectivity index (χ0v) is 18.7. The predicted molar refractivity (Wildman–Crippen MR) is 120 cm³/mol. The topological polar surface area (TPSA) is 62.0 Å². The average Bonchev–Trinajstić information content (AvgIpc) is 3.15. The molecule has 2 rings (SSSR count). The minimum Gasteiger partial charge on any atom is -0.468 e. The third kappa shape index (κ3) is 8.77. The fourth-order valence-electron chi connectivity index (χ4n) is 2.68. The van der Waals surface area contributed by atoms with Gasteiger partial charge in [0, 0.05) is 33.3 Å². The Kier molecular flexibility index (Phi) is 11.8. The summed E-state index contributed by atoms with van der Waals surface area (Å²) in [6.07, 6.45) is 1.71. The first kappa shape index (κ1) is 23.5. The number of rotatable bonds is 10. The SMILES string of the molecule is CCOCCNC(=NC)NCc1ccccc1CN(C)Cc1ccco1.I. The molecule has 0 spiro atoms. The largest absolute Gasteiger partial charge is 0.468 e. The molecule has 0 aliphatic heterocycles. The summed E-state index contributed by atoms with van der Waals surface area (Å²) in [5.74, 6) is 1.76. The van der Waals surface area contributed by atoms with E-state index in [4.69, 9.17) is 9.15 Å². The predicted octanol–water partition coefficient (Wildman–Crippen LogP) is 3.23. The van der Waals surface area contributed by atoms with Gasteiger partial charge >= 0.3 is 0 Å². The monoisotopic (exact) mass is 486 g/mol. The van der Waals surface area contributed by atoms with Crippen molar-refractivity contribution >= 4 is 29.9 Å². The molecule has 0 aliphatic carbocycles. The molecule has 2 aromatic rings. The Balaban J connectivity index is 0.00000364. The normalized spacial score (nSPS) is 11.3. The van der Waals surface area contributed by atoms with Gasteiger partial charge in [0.25, 0.3) is 0 Å². The van der Waals surface area contributed by atoms with Crippen LogP contribution < -0.4 is 10.6 Å². The summed E-state index contributed by atoms with van der Waals surface area (Å²) in [5, 5.41) is 6.62. The molecule has 1 heterocycles. The maximum Gasteiger partial charge on any atom is 0.191 e. The Morgan fingerprint density at radius 2 is 1.89 bits per heavy atom. The molecule has 2 N–H and O–H groups in total. The van der Waals surface area contributed by atoms with Gasteiger partial charge in [-0.05, 0) is 37.2 Å². The van der Waals surface area contributed by atoms with Crippen LogP contribution >= 0.6 is 24.0 Å². The number of hydrogen-bond donors (Lipinski definition) is 2. The lowest BCUT2D eigenvalue weighted by Crippen LogP contribution is -2.38. The molecule has 150 valence electrons. The second-order valence-electron chi connectivity index (χ2n) is 6.07. The van der Waals surface area contributed by atoms with E-state index in [0.29, 0.717) is 6.61 Å². The van der Waals surface area contributed by atoms with Crippen molar-refractivity contribution in [1.29, 1.82) is 0 Å². The summed E-state index contributed by atoms with van der Waals surface area (Å²) < 4.78 is 10.8. The number of aliphatic imine (C=N–C) groups is 1. The van der Waals surface area contributed by atoms with Crippen LogP contribution in [0.1, 0.15) is 23.8 Å². The minimum absolute atomic E-state index is 0. The highest BCUT2D eigenvalue weighted by Crippen LogP contribution is 2.13. The lowest BCUT2D eigenvalue weighted by Gasteiger charge is -2.19. The molecule has 0 fully saturated rings. The molecule has 6 nitrogen and oxygen atoms in total. The number of nitrogens with zero attached hydrogens (tertiary/aromatic N) is 2. The van der Waals surface area contributed by atoms with Crippen LogP contribution in [0.25, 0.3) is 0 Å². The van der Waals surface area contributed by atoms with Gasteiger partial charge in [-0.25, -0.2) is 0 Å². The van der Waals surface area contributed by atoms with Gasteiger partial charge in [0.15, 0.2) is 5.96 Å². The molecule has 0 bridgehead atoms. The Hall–Kier alpha value is -1.58. The third-order valence-electron chi connectivity index (χ3n) is 3.98. The van der Waals surface area contributed by atoms with Gasteiger partial charge in [-0.2, -0.15) is 0 Å². The smallest absolute Gasteiger partial charge is 0.191 e. The van der Waals surface area contributed by atoms with Gasteiger partial charge in [0.05, 0.1) is 19.4 Å². The lowest BCUT2D eigenvalue weighted by atomic mass is 10.1. The van der Waals surface area contributed by atoms with Crippen LogP contribution in [-0.4, -0.2) is 44.7 Å². The second-order valence-corrected chi connectivity index (χ2v) is 6.07. The number of guanidine groups is 1. The first-order valence-electron chi connectivity index (χ1n) is 9.03. The summed E-state index contributed by atoms with van der Waals surface area (Å²) in [7, 11) is 3.87. The van der Waals surface area contributed by atoms with Crippen molar-refractivity contribution in [1.82, 2.24) is 15.5 Å². The van der Waals surface area contributed by atoms with E-state index in [9.17, 15) is 0 Å². The van der Waals surface area contributed by atoms with Crippen molar-refractivity contribution in [2.45, 2.75) is 26.6 Å². The maximum atomic E-state index is 5.43.